The first kappa shape index (κ1) is 13.9. The molecule has 0 atom stereocenters. The van der Waals surface area contributed by atoms with Gasteiger partial charge in [0.15, 0.2) is 0 Å². The third-order valence-electron chi connectivity index (χ3n) is 2.06. The van der Waals surface area contributed by atoms with Crippen molar-refractivity contribution in [2.45, 2.75) is 13.8 Å². The third-order valence-corrected chi connectivity index (χ3v) is 2.80. The maximum Gasteiger partial charge on any atom is 0.284 e. The van der Waals surface area contributed by atoms with E-state index in [0.717, 1.165) is 11.3 Å². The second-order valence-corrected chi connectivity index (χ2v) is 5.09. The molecular weight excluding hydrogens is 240 g/mol. The molecule has 0 unspecified atom stereocenters. The Balaban J connectivity index is 2.71. The molecule has 0 aromatic carbocycles. The summed E-state index contributed by atoms with van der Waals surface area (Å²) in [5.41, 5.74) is 5.47. The molecule has 0 bridgehead atoms. The fraction of sp³-hybridized carbons (Fsp3) is 0.700. The van der Waals surface area contributed by atoms with Crippen molar-refractivity contribution in [2.24, 2.45) is 5.92 Å². The maximum absolute atomic E-state index is 12.1. The molecule has 1 amide bonds. The summed E-state index contributed by atoms with van der Waals surface area (Å²) in [6.07, 6.45) is 0. The molecule has 0 aliphatic carbocycles. The zero-order valence-electron chi connectivity index (χ0n) is 10.3. The van der Waals surface area contributed by atoms with Crippen molar-refractivity contribution in [1.29, 1.82) is 0 Å². The van der Waals surface area contributed by atoms with Gasteiger partial charge in [-0.25, -0.2) is 0 Å². The quantitative estimate of drug-likeness (QED) is 0.818. The first-order chi connectivity index (χ1) is 8.04. The first-order valence-corrected chi connectivity index (χ1v) is 6.23. The normalized spacial score (nSPS) is 10.8. The predicted octanol–water partition coefficient (Wildman–Crippen LogP) is 0.865. The third kappa shape index (κ3) is 4.27. The molecule has 1 aromatic heterocycles. The molecule has 1 heterocycles. The van der Waals surface area contributed by atoms with Gasteiger partial charge in [-0.1, -0.05) is 25.2 Å². The molecule has 0 aliphatic heterocycles. The highest BCUT2D eigenvalue weighted by Crippen LogP contribution is 2.14. The molecule has 7 heteroatoms. The number of hydrogen-bond donors (Lipinski definition) is 1. The van der Waals surface area contributed by atoms with Crippen LogP contribution in [0.3, 0.4) is 0 Å². The number of hydrogen-bond acceptors (Lipinski definition) is 6. The van der Waals surface area contributed by atoms with Gasteiger partial charge < -0.3 is 15.4 Å². The predicted molar refractivity (Wildman–Crippen MR) is 66.9 cm³/mol. The van der Waals surface area contributed by atoms with Crippen LogP contribution in [-0.4, -0.2) is 47.8 Å². The van der Waals surface area contributed by atoms with Crippen LogP contribution < -0.4 is 5.73 Å². The number of amides is 1. The van der Waals surface area contributed by atoms with Crippen LogP contribution in [-0.2, 0) is 4.74 Å². The molecule has 6 nitrogen and oxygen atoms in total. The molecule has 0 spiro atoms. The zero-order chi connectivity index (χ0) is 12.8. The van der Waals surface area contributed by atoms with Crippen LogP contribution >= 0.6 is 11.3 Å². The number of ether oxygens (including phenoxy) is 1. The molecular formula is C10H18N4O2S. The van der Waals surface area contributed by atoms with Crippen LogP contribution in [0.25, 0.3) is 0 Å². The van der Waals surface area contributed by atoms with Crippen molar-refractivity contribution in [3.05, 3.63) is 5.01 Å². The van der Waals surface area contributed by atoms with Gasteiger partial charge in [-0.05, 0) is 5.92 Å². The second-order valence-electron chi connectivity index (χ2n) is 4.08. The van der Waals surface area contributed by atoms with Gasteiger partial charge in [-0.15, -0.1) is 10.2 Å². The lowest BCUT2D eigenvalue weighted by atomic mass is 10.2. The van der Waals surface area contributed by atoms with Gasteiger partial charge in [0.1, 0.15) is 0 Å². The topological polar surface area (TPSA) is 81.3 Å². The summed E-state index contributed by atoms with van der Waals surface area (Å²) in [6, 6.07) is 0. The van der Waals surface area contributed by atoms with Gasteiger partial charge in [0.2, 0.25) is 10.1 Å². The Bertz CT molecular complexity index is 367. The lowest BCUT2D eigenvalue weighted by Gasteiger charge is -2.22. The van der Waals surface area contributed by atoms with E-state index in [2.05, 4.69) is 24.0 Å². The summed E-state index contributed by atoms with van der Waals surface area (Å²) in [4.78, 5) is 13.8. The number of rotatable bonds is 6. The molecule has 1 rings (SSSR count). The molecule has 1 aromatic rings. The molecule has 17 heavy (non-hydrogen) atoms. The molecule has 96 valence electrons. The van der Waals surface area contributed by atoms with Crippen LogP contribution in [0.4, 0.5) is 5.13 Å². The summed E-state index contributed by atoms with van der Waals surface area (Å²) in [7, 11) is 1.61. The highest BCUT2D eigenvalue weighted by molar-refractivity contribution is 7.16. The van der Waals surface area contributed by atoms with Gasteiger partial charge in [-0.2, -0.15) is 0 Å². The SMILES string of the molecule is COCCN(CC(C)C)C(=O)c1nnc(N)s1. The van der Waals surface area contributed by atoms with Gasteiger partial charge in [0, 0.05) is 20.2 Å². The minimum Gasteiger partial charge on any atom is -0.383 e. The minimum atomic E-state index is -0.134. The maximum atomic E-state index is 12.1. The van der Waals surface area contributed by atoms with E-state index in [1.54, 1.807) is 12.0 Å². The smallest absolute Gasteiger partial charge is 0.284 e. The van der Waals surface area contributed by atoms with Crippen LogP contribution in [0.5, 0.6) is 0 Å². The van der Waals surface area contributed by atoms with Crippen LogP contribution in [0.15, 0.2) is 0 Å². The summed E-state index contributed by atoms with van der Waals surface area (Å²) >= 11 is 1.11. The van der Waals surface area contributed by atoms with E-state index in [9.17, 15) is 4.79 Å². The van der Waals surface area contributed by atoms with Crippen LogP contribution in [0.1, 0.15) is 23.6 Å². The number of anilines is 1. The zero-order valence-corrected chi connectivity index (χ0v) is 11.2. The van der Waals surface area contributed by atoms with Crippen LogP contribution in [0, 0.1) is 5.92 Å². The number of carbonyl (C=O) groups excluding carboxylic acids is 1. The number of nitrogens with two attached hydrogens (primary N) is 1. The van der Waals surface area contributed by atoms with E-state index in [0.29, 0.717) is 35.8 Å². The Labute approximate surface area is 105 Å². The van der Waals surface area contributed by atoms with E-state index in [4.69, 9.17) is 10.5 Å². The monoisotopic (exact) mass is 258 g/mol. The van der Waals surface area contributed by atoms with Gasteiger partial charge >= 0.3 is 0 Å². The van der Waals surface area contributed by atoms with Crippen molar-refractivity contribution in [3.63, 3.8) is 0 Å². The molecule has 0 radical (unpaired) electrons. The van der Waals surface area contributed by atoms with Gasteiger partial charge in [-0.3, -0.25) is 4.79 Å². The van der Waals surface area contributed by atoms with Crippen molar-refractivity contribution >= 4 is 22.4 Å². The fourth-order valence-corrected chi connectivity index (χ4v) is 1.95. The highest BCUT2D eigenvalue weighted by Gasteiger charge is 2.20. The van der Waals surface area contributed by atoms with Crippen molar-refractivity contribution < 1.29 is 9.53 Å². The van der Waals surface area contributed by atoms with Crippen molar-refractivity contribution in [1.82, 2.24) is 15.1 Å². The standard InChI is InChI=1S/C10H18N4O2S/c1-7(2)6-14(4-5-16-3)9(15)8-12-13-10(11)17-8/h7H,4-6H2,1-3H3,(H2,11,13). The molecule has 0 aliphatic rings. The number of methoxy groups -OCH3 is 1. The fourth-order valence-electron chi connectivity index (χ4n) is 1.37. The number of carbonyl (C=O) groups is 1. The van der Waals surface area contributed by atoms with Gasteiger partial charge in [0.05, 0.1) is 6.61 Å². The van der Waals surface area contributed by atoms with Crippen molar-refractivity contribution in [3.8, 4) is 0 Å². The lowest BCUT2D eigenvalue weighted by Crippen LogP contribution is -2.36. The Morgan fingerprint density at radius 2 is 2.24 bits per heavy atom. The van der Waals surface area contributed by atoms with Gasteiger partial charge in [0.25, 0.3) is 5.91 Å². The molecule has 2 N–H and O–H groups in total. The summed E-state index contributed by atoms with van der Waals surface area (Å²) in [6.45, 7) is 5.84. The van der Waals surface area contributed by atoms with Crippen LogP contribution in [0.2, 0.25) is 0 Å². The lowest BCUT2D eigenvalue weighted by molar-refractivity contribution is 0.0671. The molecule has 0 fully saturated rings. The minimum absolute atomic E-state index is 0.134. The van der Waals surface area contributed by atoms with E-state index in [1.165, 1.54) is 0 Å². The Morgan fingerprint density at radius 1 is 1.53 bits per heavy atom. The number of nitrogen functional groups attached to an aromatic ring is 1. The first-order valence-electron chi connectivity index (χ1n) is 5.41. The summed E-state index contributed by atoms with van der Waals surface area (Å²) in [5.74, 6) is 0.256. The average Bonchev–Trinajstić information content (AvgIpc) is 2.69. The summed E-state index contributed by atoms with van der Waals surface area (Å²) < 4.78 is 4.99. The average molecular weight is 258 g/mol. The second kappa shape index (κ2) is 6.51. The largest absolute Gasteiger partial charge is 0.383 e. The van der Waals surface area contributed by atoms with E-state index >= 15 is 0 Å². The number of nitrogens with zero attached hydrogens (tertiary/aromatic N) is 3. The molecule has 0 saturated carbocycles. The van der Waals surface area contributed by atoms with Crippen molar-refractivity contribution in [2.75, 3.05) is 32.5 Å². The van der Waals surface area contributed by atoms with E-state index in [-0.39, 0.29) is 5.91 Å². The van der Waals surface area contributed by atoms with E-state index in [1.807, 2.05) is 0 Å². The number of aromatic nitrogens is 2. The van der Waals surface area contributed by atoms with E-state index < -0.39 is 0 Å². The Morgan fingerprint density at radius 3 is 2.71 bits per heavy atom. The molecule has 0 saturated heterocycles. The summed E-state index contributed by atoms with van der Waals surface area (Å²) in [5, 5.41) is 8.05. The Hall–Kier alpha value is -1.21. The Kier molecular flexibility index (Phi) is 5.30. The highest BCUT2D eigenvalue weighted by atomic mass is 32.1.